The van der Waals surface area contributed by atoms with Gasteiger partial charge >= 0.3 is 0 Å². The molecule has 1 rings (SSSR count). The first-order valence-electron chi connectivity index (χ1n) is 6.09. The number of rotatable bonds is 6. The highest BCUT2D eigenvalue weighted by molar-refractivity contribution is 5.78. The number of nitrogens with zero attached hydrogens (tertiary/aromatic N) is 1. The topological polar surface area (TPSA) is 20.3 Å². The summed E-state index contributed by atoms with van der Waals surface area (Å²) in [6, 6.07) is 0.537. The van der Waals surface area contributed by atoms with Gasteiger partial charge < -0.3 is 4.90 Å². The van der Waals surface area contributed by atoms with Gasteiger partial charge in [-0.05, 0) is 19.3 Å². The van der Waals surface area contributed by atoms with Crippen LogP contribution in [-0.2, 0) is 4.79 Å². The summed E-state index contributed by atoms with van der Waals surface area (Å²) in [5.74, 6) is 0.388. The third kappa shape index (κ3) is 3.00. The maximum atomic E-state index is 11.6. The van der Waals surface area contributed by atoms with Gasteiger partial charge in [-0.2, -0.15) is 0 Å². The zero-order valence-corrected chi connectivity index (χ0v) is 9.59. The molecule has 0 aromatic carbocycles. The van der Waals surface area contributed by atoms with Crippen molar-refractivity contribution in [2.45, 2.75) is 64.8 Å². The van der Waals surface area contributed by atoms with E-state index in [1.54, 1.807) is 0 Å². The predicted octanol–water partition coefficient (Wildman–Crippen LogP) is 2.97. The van der Waals surface area contributed by atoms with Crippen LogP contribution in [-0.4, -0.2) is 23.4 Å². The molecular weight excluding hydrogens is 174 g/mol. The fourth-order valence-electron chi connectivity index (χ4n) is 2.28. The summed E-state index contributed by atoms with van der Waals surface area (Å²) >= 11 is 0. The average Bonchev–Trinajstić information content (AvgIpc) is 2.59. The van der Waals surface area contributed by atoms with Gasteiger partial charge in [-0.25, -0.2) is 0 Å². The van der Waals surface area contributed by atoms with Crippen molar-refractivity contribution in [3.63, 3.8) is 0 Å². The number of likely N-dealkylation sites (tertiary alicyclic amines) is 1. The summed E-state index contributed by atoms with van der Waals surface area (Å²) in [4.78, 5) is 13.7. The molecule has 0 radical (unpaired) electrons. The van der Waals surface area contributed by atoms with Crippen LogP contribution in [0.2, 0.25) is 0 Å². The molecule has 0 N–H and O–H groups in total. The molecule has 2 nitrogen and oxygen atoms in total. The Morgan fingerprint density at radius 2 is 2.07 bits per heavy atom. The molecule has 1 heterocycles. The van der Waals surface area contributed by atoms with Gasteiger partial charge in [0.1, 0.15) is 0 Å². The number of unbranched alkanes of at least 4 members (excludes halogenated alkanes) is 1. The molecule has 1 amide bonds. The number of amides is 1. The molecule has 1 atom stereocenters. The molecule has 2 heteroatoms. The van der Waals surface area contributed by atoms with Crippen molar-refractivity contribution in [2.24, 2.45) is 0 Å². The minimum absolute atomic E-state index is 0.388. The Labute approximate surface area is 87.7 Å². The van der Waals surface area contributed by atoms with Gasteiger partial charge in [0, 0.05) is 19.0 Å². The molecule has 0 saturated carbocycles. The van der Waals surface area contributed by atoms with Crippen LogP contribution in [0, 0.1) is 0 Å². The minimum atomic E-state index is 0.388. The zero-order valence-electron chi connectivity index (χ0n) is 9.59. The molecule has 0 spiro atoms. The lowest BCUT2D eigenvalue weighted by molar-refractivity contribution is -0.129. The van der Waals surface area contributed by atoms with Gasteiger partial charge in [-0.15, -0.1) is 0 Å². The highest BCUT2D eigenvalue weighted by atomic mass is 16.2. The van der Waals surface area contributed by atoms with E-state index in [2.05, 4.69) is 18.7 Å². The van der Waals surface area contributed by atoms with Crippen LogP contribution in [0.1, 0.15) is 58.8 Å². The lowest BCUT2D eigenvalue weighted by Crippen LogP contribution is -2.36. The summed E-state index contributed by atoms with van der Waals surface area (Å²) < 4.78 is 0. The lowest BCUT2D eigenvalue weighted by atomic mass is 10.0. The summed E-state index contributed by atoms with van der Waals surface area (Å²) in [5, 5.41) is 0. The van der Waals surface area contributed by atoms with Crippen LogP contribution in [0.4, 0.5) is 0 Å². The van der Waals surface area contributed by atoms with Crippen molar-refractivity contribution in [2.75, 3.05) is 6.54 Å². The van der Waals surface area contributed by atoms with Crippen LogP contribution in [0.15, 0.2) is 0 Å². The molecule has 0 bridgehead atoms. The first kappa shape index (κ1) is 11.5. The minimum Gasteiger partial charge on any atom is -0.340 e. The monoisotopic (exact) mass is 197 g/mol. The van der Waals surface area contributed by atoms with Gasteiger partial charge in [-0.1, -0.05) is 33.1 Å². The van der Waals surface area contributed by atoms with E-state index in [0.29, 0.717) is 11.9 Å². The highest BCUT2D eigenvalue weighted by Gasteiger charge is 2.26. The summed E-state index contributed by atoms with van der Waals surface area (Å²) in [6.07, 6.45) is 7.94. The molecule has 0 aromatic heterocycles. The van der Waals surface area contributed by atoms with E-state index in [1.807, 2.05) is 0 Å². The van der Waals surface area contributed by atoms with Crippen LogP contribution < -0.4 is 0 Å². The summed E-state index contributed by atoms with van der Waals surface area (Å²) in [7, 11) is 0. The van der Waals surface area contributed by atoms with Crippen molar-refractivity contribution in [3.05, 3.63) is 0 Å². The predicted molar refractivity (Wildman–Crippen MR) is 59.2 cm³/mol. The Kier molecular flexibility index (Phi) is 4.99. The fraction of sp³-hybridized carbons (Fsp3) is 0.917. The Morgan fingerprint density at radius 1 is 1.29 bits per heavy atom. The van der Waals surface area contributed by atoms with Gasteiger partial charge in [-0.3, -0.25) is 4.79 Å². The Bertz CT molecular complexity index is 179. The van der Waals surface area contributed by atoms with Crippen LogP contribution in [0.5, 0.6) is 0 Å². The van der Waals surface area contributed by atoms with Crippen LogP contribution in [0.3, 0.4) is 0 Å². The average molecular weight is 197 g/mol. The molecule has 0 aliphatic carbocycles. The van der Waals surface area contributed by atoms with E-state index in [4.69, 9.17) is 0 Å². The van der Waals surface area contributed by atoms with Gasteiger partial charge in [0.15, 0.2) is 0 Å². The second-order valence-corrected chi connectivity index (χ2v) is 4.28. The molecule has 0 aromatic rings. The normalized spacial score (nSPS) is 19.0. The number of hydrogen-bond acceptors (Lipinski definition) is 1. The first-order chi connectivity index (χ1) is 6.79. The smallest absolute Gasteiger partial charge is 0.222 e. The Balaban J connectivity index is 2.43. The highest BCUT2D eigenvalue weighted by Crippen LogP contribution is 2.20. The maximum Gasteiger partial charge on any atom is 0.222 e. The maximum absolute atomic E-state index is 11.6. The second-order valence-electron chi connectivity index (χ2n) is 4.28. The second kappa shape index (κ2) is 6.05. The van der Waals surface area contributed by atoms with Crippen molar-refractivity contribution >= 4 is 5.91 Å². The molecule has 1 saturated heterocycles. The van der Waals surface area contributed by atoms with Gasteiger partial charge in [0.05, 0.1) is 0 Å². The van der Waals surface area contributed by atoms with Crippen molar-refractivity contribution < 1.29 is 4.79 Å². The van der Waals surface area contributed by atoms with Crippen LogP contribution >= 0.6 is 0 Å². The quantitative estimate of drug-likeness (QED) is 0.641. The van der Waals surface area contributed by atoms with Crippen LogP contribution in [0.25, 0.3) is 0 Å². The third-order valence-corrected chi connectivity index (χ3v) is 3.06. The molecule has 1 aliphatic heterocycles. The lowest BCUT2D eigenvalue weighted by Gasteiger charge is -2.27. The van der Waals surface area contributed by atoms with E-state index < -0.39 is 0 Å². The van der Waals surface area contributed by atoms with Crippen molar-refractivity contribution in [1.82, 2.24) is 4.90 Å². The number of hydrogen-bond donors (Lipinski definition) is 0. The Hall–Kier alpha value is -0.530. The SMILES string of the molecule is CCCCC(CCC)N1CCCC1=O. The fourth-order valence-corrected chi connectivity index (χ4v) is 2.28. The Morgan fingerprint density at radius 3 is 2.57 bits per heavy atom. The molecule has 14 heavy (non-hydrogen) atoms. The zero-order chi connectivity index (χ0) is 10.4. The van der Waals surface area contributed by atoms with Crippen molar-refractivity contribution in [3.8, 4) is 0 Å². The number of carbonyl (C=O) groups excluding carboxylic acids is 1. The summed E-state index contributed by atoms with van der Waals surface area (Å²) in [6.45, 7) is 5.43. The van der Waals surface area contributed by atoms with E-state index in [1.165, 1.54) is 32.1 Å². The van der Waals surface area contributed by atoms with E-state index in [0.717, 1.165) is 19.4 Å². The van der Waals surface area contributed by atoms with E-state index in [-0.39, 0.29) is 0 Å². The molecular formula is C12H23NO. The standard InChI is InChI=1S/C12H23NO/c1-3-5-8-11(7-4-2)13-10-6-9-12(13)14/h11H,3-10H2,1-2H3. The molecule has 82 valence electrons. The van der Waals surface area contributed by atoms with Gasteiger partial charge in [0.2, 0.25) is 5.91 Å². The van der Waals surface area contributed by atoms with Gasteiger partial charge in [0.25, 0.3) is 0 Å². The third-order valence-electron chi connectivity index (χ3n) is 3.06. The molecule has 1 fully saturated rings. The largest absolute Gasteiger partial charge is 0.340 e. The molecule has 1 unspecified atom stereocenters. The molecule has 1 aliphatic rings. The van der Waals surface area contributed by atoms with Crippen molar-refractivity contribution in [1.29, 1.82) is 0 Å². The summed E-state index contributed by atoms with van der Waals surface area (Å²) in [5.41, 5.74) is 0. The van der Waals surface area contributed by atoms with E-state index in [9.17, 15) is 4.79 Å². The first-order valence-corrected chi connectivity index (χ1v) is 6.09. The van der Waals surface area contributed by atoms with E-state index >= 15 is 0 Å². The number of carbonyl (C=O) groups is 1.